The van der Waals surface area contributed by atoms with E-state index in [9.17, 15) is 19.2 Å². The Morgan fingerprint density at radius 1 is 1.21 bits per heavy atom. The highest BCUT2D eigenvalue weighted by atomic mass is 16.5. The van der Waals surface area contributed by atoms with Gasteiger partial charge in [0.05, 0.1) is 12.7 Å². The fraction of sp³-hybridized carbons (Fsp3) is 0.368. The Kier molecular flexibility index (Phi) is 6.40. The molecule has 0 atom stereocenters. The minimum atomic E-state index is -0.829. The summed E-state index contributed by atoms with van der Waals surface area (Å²) in [6, 6.07) is 6.23. The Labute approximate surface area is 161 Å². The Hall–Kier alpha value is -3.36. The van der Waals surface area contributed by atoms with Crippen LogP contribution < -0.4 is 21.7 Å². The van der Waals surface area contributed by atoms with Crippen molar-refractivity contribution in [1.82, 2.24) is 9.13 Å². The molecule has 2 rings (SSSR count). The second-order valence-corrected chi connectivity index (χ2v) is 6.64. The van der Waals surface area contributed by atoms with Crippen molar-refractivity contribution in [3.63, 3.8) is 0 Å². The molecule has 1 heterocycles. The third-order valence-corrected chi connectivity index (χ3v) is 4.05. The summed E-state index contributed by atoms with van der Waals surface area (Å²) >= 11 is 0. The van der Waals surface area contributed by atoms with Gasteiger partial charge in [-0.2, -0.15) is 0 Å². The summed E-state index contributed by atoms with van der Waals surface area (Å²) in [5.41, 5.74) is 4.31. The number of aromatic nitrogens is 2. The standard InChI is InChI=1S/C19H23N3O6/c1-11(2)9-22-16(20)15(17(24)21(3)19(22)26)14(23)10-28-18(25)12-6-5-7-13(8-12)27-4/h5-8,11H,9-10,20H2,1-4H3. The maximum Gasteiger partial charge on any atom is 0.338 e. The lowest BCUT2D eigenvalue weighted by Gasteiger charge is -2.16. The molecule has 0 aliphatic heterocycles. The first-order valence-electron chi connectivity index (χ1n) is 8.61. The highest BCUT2D eigenvalue weighted by molar-refractivity contribution is 6.02. The van der Waals surface area contributed by atoms with Gasteiger partial charge in [-0.25, -0.2) is 9.59 Å². The number of anilines is 1. The number of rotatable bonds is 7. The molecule has 0 saturated carbocycles. The van der Waals surface area contributed by atoms with Crippen LogP contribution in [0, 0.1) is 5.92 Å². The van der Waals surface area contributed by atoms with Gasteiger partial charge in [0.2, 0.25) is 5.78 Å². The second kappa shape index (κ2) is 8.55. The van der Waals surface area contributed by atoms with Gasteiger partial charge in [-0.05, 0) is 24.1 Å². The molecule has 0 fully saturated rings. The second-order valence-electron chi connectivity index (χ2n) is 6.64. The Morgan fingerprint density at radius 3 is 2.50 bits per heavy atom. The molecule has 0 radical (unpaired) electrons. The van der Waals surface area contributed by atoms with E-state index in [-0.39, 0.29) is 29.4 Å². The van der Waals surface area contributed by atoms with Gasteiger partial charge < -0.3 is 15.2 Å². The molecule has 0 unspecified atom stereocenters. The predicted octanol–water partition coefficient (Wildman–Crippen LogP) is 0.833. The molecule has 28 heavy (non-hydrogen) atoms. The van der Waals surface area contributed by atoms with Crippen molar-refractivity contribution in [1.29, 1.82) is 0 Å². The summed E-state index contributed by atoms with van der Waals surface area (Å²) in [6.07, 6.45) is 0. The van der Waals surface area contributed by atoms with E-state index in [2.05, 4.69) is 0 Å². The zero-order valence-corrected chi connectivity index (χ0v) is 16.2. The van der Waals surface area contributed by atoms with E-state index in [1.54, 1.807) is 12.1 Å². The third kappa shape index (κ3) is 4.30. The maximum atomic E-state index is 12.5. The number of nitrogen functional groups attached to an aromatic ring is 1. The summed E-state index contributed by atoms with van der Waals surface area (Å²) in [5, 5.41) is 0. The molecule has 1 aromatic heterocycles. The summed E-state index contributed by atoms with van der Waals surface area (Å²) in [4.78, 5) is 49.3. The van der Waals surface area contributed by atoms with Crippen molar-refractivity contribution in [2.75, 3.05) is 19.5 Å². The largest absolute Gasteiger partial charge is 0.497 e. The number of hydrogen-bond acceptors (Lipinski definition) is 7. The Morgan fingerprint density at radius 2 is 1.89 bits per heavy atom. The van der Waals surface area contributed by atoms with Crippen molar-refractivity contribution in [2.45, 2.75) is 20.4 Å². The van der Waals surface area contributed by atoms with Crippen molar-refractivity contribution in [3.05, 3.63) is 56.2 Å². The monoisotopic (exact) mass is 389 g/mol. The quantitative estimate of drug-likeness (QED) is 0.550. The molecule has 0 aliphatic carbocycles. The first kappa shape index (κ1) is 20.9. The van der Waals surface area contributed by atoms with E-state index in [1.165, 1.54) is 30.9 Å². The lowest BCUT2D eigenvalue weighted by atomic mass is 10.1. The topological polar surface area (TPSA) is 123 Å². The SMILES string of the molecule is COc1cccc(C(=O)OCC(=O)c2c(N)n(CC(C)C)c(=O)n(C)c2=O)c1. The van der Waals surface area contributed by atoms with Crippen LogP contribution in [-0.4, -0.2) is 34.6 Å². The molecule has 9 heteroatoms. The van der Waals surface area contributed by atoms with Crippen molar-refractivity contribution < 1.29 is 19.1 Å². The zero-order chi connectivity index (χ0) is 21.0. The normalized spacial score (nSPS) is 10.8. The number of nitrogens with two attached hydrogens (primary N) is 1. The van der Waals surface area contributed by atoms with Crippen LogP contribution in [0.4, 0.5) is 5.82 Å². The van der Waals surface area contributed by atoms with Crippen LogP contribution in [0.5, 0.6) is 5.75 Å². The number of ether oxygens (including phenoxy) is 2. The van der Waals surface area contributed by atoms with Gasteiger partial charge in [0.25, 0.3) is 5.56 Å². The molecular formula is C19H23N3O6. The molecule has 1 aromatic carbocycles. The molecule has 9 nitrogen and oxygen atoms in total. The molecule has 2 N–H and O–H groups in total. The Bertz CT molecular complexity index is 1020. The number of nitrogens with zero attached hydrogens (tertiary/aromatic N) is 2. The molecule has 0 saturated heterocycles. The summed E-state index contributed by atoms with van der Waals surface area (Å²) in [7, 11) is 2.72. The van der Waals surface area contributed by atoms with Crippen LogP contribution >= 0.6 is 0 Å². The van der Waals surface area contributed by atoms with Gasteiger partial charge >= 0.3 is 11.7 Å². The fourth-order valence-corrected chi connectivity index (χ4v) is 2.62. The van der Waals surface area contributed by atoms with E-state index in [1.807, 2.05) is 13.8 Å². The molecule has 2 aromatic rings. The smallest absolute Gasteiger partial charge is 0.338 e. The molecule has 0 bridgehead atoms. The van der Waals surface area contributed by atoms with Crippen LogP contribution in [0.2, 0.25) is 0 Å². The van der Waals surface area contributed by atoms with E-state index in [4.69, 9.17) is 15.2 Å². The molecule has 0 spiro atoms. The lowest BCUT2D eigenvalue weighted by Crippen LogP contribution is -2.43. The summed E-state index contributed by atoms with van der Waals surface area (Å²) in [6.45, 7) is 3.29. The number of Topliss-reactive ketones (excluding diaryl/α,β-unsaturated/α-hetero) is 1. The van der Waals surface area contributed by atoms with Gasteiger partial charge in [-0.3, -0.25) is 18.7 Å². The van der Waals surface area contributed by atoms with Crippen molar-refractivity contribution >= 4 is 17.6 Å². The van der Waals surface area contributed by atoms with Gasteiger partial charge in [0.15, 0.2) is 6.61 Å². The zero-order valence-electron chi connectivity index (χ0n) is 16.2. The number of carbonyl (C=O) groups is 2. The highest BCUT2D eigenvalue weighted by Gasteiger charge is 2.23. The average molecular weight is 389 g/mol. The average Bonchev–Trinajstić information content (AvgIpc) is 2.67. The predicted molar refractivity (Wildman–Crippen MR) is 103 cm³/mol. The lowest BCUT2D eigenvalue weighted by molar-refractivity contribution is 0.0474. The number of methoxy groups -OCH3 is 1. The number of hydrogen-bond donors (Lipinski definition) is 1. The van der Waals surface area contributed by atoms with Gasteiger partial charge in [-0.1, -0.05) is 19.9 Å². The van der Waals surface area contributed by atoms with Crippen LogP contribution in [0.25, 0.3) is 0 Å². The van der Waals surface area contributed by atoms with E-state index < -0.39 is 29.6 Å². The fourth-order valence-electron chi connectivity index (χ4n) is 2.62. The van der Waals surface area contributed by atoms with Crippen LogP contribution in [-0.2, 0) is 18.3 Å². The minimum absolute atomic E-state index is 0.0614. The number of benzene rings is 1. The van der Waals surface area contributed by atoms with Crippen LogP contribution in [0.3, 0.4) is 0 Å². The molecule has 150 valence electrons. The van der Waals surface area contributed by atoms with Gasteiger partial charge in [-0.15, -0.1) is 0 Å². The van der Waals surface area contributed by atoms with E-state index in [0.29, 0.717) is 5.75 Å². The third-order valence-electron chi connectivity index (χ3n) is 4.05. The van der Waals surface area contributed by atoms with Crippen molar-refractivity contribution in [3.8, 4) is 5.75 Å². The molecule has 0 aliphatic rings. The number of esters is 1. The first-order chi connectivity index (χ1) is 13.2. The van der Waals surface area contributed by atoms with Crippen LogP contribution in [0.15, 0.2) is 33.9 Å². The Balaban J connectivity index is 2.29. The van der Waals surface area contributed by atoms with Crippen molar-refractivity contribution in [2.24, 2.45) is 13.0 Å². The van der Waals surface area contributed by atoms with Gasteiger partial charge in [0, 0.05) is 13.6 Å². The minimum Gasteiger partial charge on any atom is -0.497 e. The number of ketones is 1. The maximum absolute atomic E-state index is 12.5. The van der Waals surface area contributed by atoms with Crippen LogP contribution in [0.1, 0.15) is 34.6 Å². The number of carbonyl (C=O) groups excluding carboxylic acids is 2. The molecular weight excluding hydrogens is 366 g/mol. The first-order valence-corrected chi connectivity index (χ1v) is 8.61. The van der Waals surface area contributed by atoms with E-state index in [0.717, 1.165) is 4.57 Å². The summed E-state index contributed by atoms with van der Waals surface area (Å²) in [5.74, 6) is -1.25. The molecule has 0 amide bonds. The summed E-state index contributed by atoms with van der Waals surface area (Å²) < 4.78 is 12.0. The van der Waals surface area contributed by atoms with E-state index >= 15 is 0 Å². The van der Waals surface area contributed by atoms with Gasteiger partial charge in [0.1, 0.15) is 17.1 Å². The highest BCUT2D eigenvalue weighted by Crippen LogP contribution is 2.14.